The lowest BCUT2D eigenvalue weighted by atomic mass is 10.1. The maximum absolute atomic E-state index is 6.25. The molecular weight excluding hydrogens is 370 g/mol. The van der Waals surface area contributed by atoms with Crippen molar-refractivity contribution in [2.45, 2.75) is 46.2 Å². The lowest BCUT2D eigenvalue weighted by Crippen LogP contribution is -2.17. The Kier molecular flexibility index (Phi) is 5.42. The van der Waals surface area contributed by atoms with Crippen molar-refractivity contribution >= 4 is 11.6 Å². The first-order valence-corrected chi connectivity index (χ1v) is 10.2. The van der Waals surface area contributed by atoms with Crippen molar-refractivity contribution in [3.63, 3.8) is 0 Å². The number of benzene rings is 2. The molecule has 0 atom stereocenters. The van der Waals surface area contributed by atoms with Gasteiger partial charge in [0.1, 0.15) is 11.5 Å². The zero-order valence-corrected chi connectivity index (χ0v) is 17.4. The molecule has 0 saturated carbocycles. The second kappa shape index (κ2) is 7.98. The van der Waals surface area contributed by atoms with E-state index in [0.29, 0.717) is 11.6 Å². The number of halogens is 1. The normalized spacial score (nSPS) is 13.0. The fraction of sp³-hybridized carbons (Fsp3) is 0.348. The number of nitrogens with zero attached hydrogens (tertiary/aromatic N) is 2. The number of aromatic nitrogens is 2. The second-order valence-electron chi connectivity index (χ2n) is 7.55. The Labute approximate surface area is 171 Å². The van der Waals surface area contributed by atoms with Gasteiger partial charge in [0.2, 0.25) is 0 Å². The van der Waals surface area contributed by atoms with Gasteiger partial charge in [-0.15, -0.1) is 0 Å². The summed E-state index contributed by atoms with van der Waals surface area (Å²) in [6.07, 6.45) is 3.46. The minimum Gasteiger partial charge on any atom is -0.457 e. The van der Waals surface area contributed by atoms with E-state index in [2.05, 4.69) is 36.4 Å². The van der Waals surface area contributed by atoms with Gasteiger partial charge in [0, 0.05) is 30.7 Å². The van der Waals surface area contributed by atoms with Crippen LogP contribution in [-0.4, -0.2) is 9.78 Å². The van der Waals surface area contributed by atoms with Gasteiger partial charge < -0.3 is 10.1 Å². The topological polar surface area (TPSA) is 39.1 Å². The molecule has 2 aromatic carbocycles. The van der Waals surface area contributed by atoms with Crippen molar-refractivity contribution in [3.8, 4) is 11.5 Å². The Morgan fingerprint density at radius 3 is 2.75 bits per heavy atom. The van der Waals surface area contributed by atoms with Crippen molar-refractivity contribution in [1.29, 1.82) is 0 Å². The largest absolute Gasteiger partial charge is 0.457 e. The molecule has 0 saturated heterocycles. The van der Waals surface area contributed by atoms with Gasteiger partial charge in [0.15, 0.2) is 0 Å². The minimum absolute atomic E-state index is 0.681. The van der Waals surface area contributed by atoms with Crippen LogP contribution < -0.4 is 10.1 Å². The molecule has 3 aromatic rings. The van der Waals surface area contributed by atoms with Gasteiger partial charge in [0.05, 0.1) is 11.4 Å². The van der Waals surface area contributed by atoms with Crippen molar-refractivity contribution in [2.75, 3.05) is 0 Å². The van der Waals surface area contributed by atoms with Crippen LogP contribution >= 0.6 is 11.6 Å². The first-order valence-electron chi connectivity index (χ1n) is 9.79. The average molecular weight is 396 g/mol. The molecule has 0 bridgehead atoms. The monoisotopic (exact) mass is 395 g/mol. The number of rotatable bonds is 6. The Bertz CT molecular complexity index is 1010. The SMILES string of the molecule is Cc1ccc(Oc2ccc(Cl)cc2CNCc2c3c(nn2C)CCC3)cc1C. The quantitative estimate of drug-likeness (QED) is 0.618. The van der Waals surface area contributed by atoms with Gasteiger partial charge in [-0.2, -0.15) is 5.10 Å². The molecule has 4 nitrogen and oxygen atoms in total. The molecule has 1 aliphatic rings. The Hall–Kier alpha value is -2.30. The summed E-state index contributed by atoms with van der Waals surface area (Å²) in [4.78, 5) is 0. The van der Waals surface area contributed by atoms with E-state index in [4.69, 9.17) is 16.3 Å². The average Bonchev–Trinajstić information content (AvgIpc) is 3.22. The molecule has 0 radical (unpaired) electrons. The maximum Gasteiger partial charge on any atom is 0.132 e. The van der Waals surface area contributed by atoms with E-state index in [9.17, 15) is 0 Å². The third-order valence-electron chi connectivity index (χ3n) is 5.54. The molecule has 1 aromatic heterocycles. The van der Waals surface area contributed by atoms with Crippen LogP contribution in [0.15, 0.2) is 36.4 Å². The molecular formula is C23H26ClN3O. The smallest absolute Gasteiger partial charge is 0.132 e. The zero-order chi connectivity index (χ0) is 19.7. The molecule has 146 valence electrons. The summed E-state index contributed by atoms with van der Waals surface area (Å²) in [5.41, 5.74) is 7.49. The van der Waals surface area contributed by atoms with Crippen molar-refractivity contribution in [3.05, 3.63) is 75.1 Å². The summed E-state index contributed by atoms with van der Waals surface area (Å²) in [5.74, 6) is 1.67. The standard InChI is InChI=1S/C23H26ClN3O/c1-15-7-9-19(11-16(15)2)28-23-10-8-18(24)12-17(23)13-25-14-22-20-5-4-6-21(20)26-27(22)3/h7-12,25H,4-6,13-14H2,1-3H3. The third-order valence-corrected chi connectivity index (χ3v) is 5.77. The summed E-state index contributed by atoms with van der Waals surface area (Å²) in [6.45, 7) is 5.67. The number of aryl methyl sites for hydroxylation is 4. The predicted molar refractivity (Wildman–Crippen MR) is 113 cm³/mol. The van der Waals surface area contributed by atoms with Crippen LogP contribution in [0, 0.1) is 13.8 Å². The summed E-state index contributed by atoms with van der Waals surface area (Å²) in [6, 6.07) is 11.9. The summed E-state index contributed by atoms with van der Waals surface area (Å²) in [7, 11) is 2.03. The molecule has 4 rings (SSSR count). The number of nitrogens with one attached hydrogen (secondary N) is 1. The maximum atomic E-state index is 6.25. The summed E-state index contributed by atoms with van der Waals surface area (Å²) < 4.78 is 8.18. The van der Waals surface area contributed by atoms with E-state index in [-0.39, 0.29) is 0 Å². The van der Waals surface area contributed by atoms with Gasteiger partial charge in [-0.05, 0) is 80.1 Å². The van der Waals surface area contributed by atoms with E-state index in [0.717, 1.165) is 36.4 Å². The van der Waals surface area contributed by atoms with Gasteiger partial charge in [0.25, 0.3) is 0 Å². The van der Waals surface area contributed by atoms with Crippen LogP contribution in [0.5, 0.6) is 11.5 Å². The first kappa shape index (κ1) is 19.0. The highest BCUT2D eigenvalue weighted by Crippen LogP contribution is 2.29. The fourth-order valence-electron chi connectivity index (χ4n) is 3.81. The van der Waals surface area contributed by atoms with E-state index >= 15 is 0 Å². The van der Waals surface area contributed by atoms with Gasteiger partial charge in [-0.25, -0.2) is 0 Å². The van der Waals surface area contributed by atoms with Crippen molar-refractivity contribution in [1.82, 2.24) is 15.1 Å². The van der Waals surface area contributed by atoms with Crippen LogP contribution in [0.4, 0.5) is 0 Å². The van der Waals surface area contributed by atoms with Crippen LogP contribution in [0.2, 0.25) is 5.02 Å². The molecule has 0 unspecified atom stereocenters. The molecule has 5 heteroatoms. The molecule has 0 aliphatic heterocycles. The van der Waals surface area contributed by atoms with E-state index < -0.39 is 0 Å². The highest BCUT2D eigenvalue weighted by molar-refractivity contribution is 6.30. The molecule has 1 aliphatic carbocycles. The summed E-state index contributed by atoms with van der Waals surface area (Å²) >= 11 is 6.25. The molecule has 0 spiro atoms. The minimum atomic E-state index is 0.681. The Morgan fingerprint density at radius 2 is 1.93 bits per heavy atom. The van der Waals surface area contributed by atoms with Crippen LogP contribution in [0.3, 0.4) is 0 Å². The second-order valence-corrected chi connectivity index (χ2v) is 7.99. The highest BCUT2D eigenvalue weighted by atomic mass is 35.5. The first-order chi connectivity index (χ1) is 13.5. The van der Waals surface area contributed by atoms with Crippen molar-refractivity contribution < 1.29 is 4.74 Å². The van der Waals surface area contributed by atoms with E-state index in [1.807, 2.05) is 36.0 Å². The molecule has 1 heterocycles. The van der Waals surface area contributed by atoms with Crippen LogP contribution in [0.1, 0.15) is 40.1 Å². The van der Waals surface area contributed by atoms with Gasteiger partial charge in [-0.1, -0.05) is 17.7 Å². The van der Waals surface area contributed by atoms with Crippen LogP contribution in [0.25, 0.3) is 0 Å². The fourth-order valence-corrected chi connectivity index (χ4v) is 4.01. The number of fused-ring (bicyclic) bond motifs is 1. The lowest BCUT2D eigenvalue weighted by molar-refractivity contribution is 0.471. The van der Waals surface area contributed by atoms with Gasteiger partial charge >= 0.3 is 0 Å². The summed E-state index contributed by atoms with van der Waals surface area (Å²) in [5, 5.41) is 8.91. The molecule has 28 heavy (non-hydrogen) atoms. The highest BCUT2D eigenvalue weighted by Gasteiger charge is 2.20. The number of ether oxygens (including phenoxy) is 1. The molecule has 0 amide bonds. The Morgan fingerprint density at radius 1 is 1.07 bits per heavy atom. The molecule has 1 N–H and O–H groups in total. The zero-order valence-electron chi connectivity index (χ0n) is 16.7. The van der Waals surface area contributed by atoms with E-state index in [1.54, 1.807) is 0 Å². The number of hydrogen-bond acceptors (Lipinski definition) is 3. The van der Waals surface area contributed by atoms with E-state index in [1.165, 1.54) is 34.5 Å². The number of hydrogen-bond donors (Lipinski definition) is 1. The predicted octanol–water partition coefficient (Wildman–Crippen LogP) is 5.26. The van der Waals surface area contributed by atoms with Crippen LogP contribution in [-0.2, 0) is 33.0 Å². The van der Waals surface area contributed by atoms with Gasteiger partial charge in [-0.3, -0.25) is 4.68 Å². The third kappa shape index (κ3) is 3.94. The Balaban J connectivity index is 1.48. The van der Waals surface area contributed by atoms with Crippen molar-refractivity contribution in [2.24, 2.45) is 7.05 Å². The molecule has 0 fully saturated rings. The lowest BCUT2D eigenvalue weighted by Gasteiger charge is -2.14.